The van der Waals surface area contributed by atoms with Crippen LogP contribution in [-0.4, -0.2) is 29.8 Å². The zero-order valence-corrected chi connectivity index (χ0v) is 13.9. The van der Waals surface area contributed by atoms with E-state index in [1.807, 2.05) is 35.2 Å². The molecule has 2 amide bonds. The Bertz CT molecular complexity index is 710. The van der Waals surface area contributed by atoms with Crippen LogP contribution in [0.2, 0.25) is 0 Å². The third kappa shape index (κ3) is 4.02. The lowest BCUT2D eigenvalue weighted by molar-refractivity contribution is -0.129. The SMILES string of the molecule is CC(=O)Nc1ccc(CC(=O)N2CC[C@@H](c3ccccc3)C2)cc1. The van der Waals surface area contributed by atoms with E-state index in [1.165, 1.54) is 12.5 Å². The molecule has 1 fully saturated rings. The third-order valence-corrected chi connectivity index (χ3v) is 4.44. The number of rotatable bonds is 4. The summed E-state index contributed by atoms with van der Waals surface area (Å²) >= 11 is 0. The summed E-state index contributed by atoms with van der Waals surface area (Å²) in [6.45, 7) is 3.10. The maximum atomic E-state index is 12.5. The van der Waals surface area contributed by atoms with Gasteiger partial charge in [0.05, 0.1) is 6.42 Å². The smallest absolute Gasteiger partial charge is 0.227 e. The van der Waals surface area contributed by atoms with Gasteiger partial charge in [-0.1, -0.05) is 42.5 Å². The van der Waals surface area contributed by atoms with Crippen LogP contribution in [0, 0.1) is 0 Å². The second-order valence-corrected chi connectivity index (χ2v) is 6.29. The molecular formula is C20H22N2O2. The summed E-state index contributed by atoms with van der Waals surface area (Å²) in [6, 6.07) is 17.9. The molecule has 1 heterocycles. The van der Waals surface area contributed by atoms with E-state index in [0.29, 0.717) is 12.3 Å². The monoisotopic (exact) mass is 322 g/mol. The zero-order valence-electron chi connectivity index (χ0n) is 13.9. The van der Waals surface area contributed by atoms with Crippen molar-refractivity contribution < 1.29 is 9.59 Å². The Kier molecular flexibility index (Phi) is 4.94. The highest BCUT2D eigenvalue weighted by Gasteiger charge is 2.26. The van der Waals surface area contributed by atoms with Crippen LogP contribution in [0.3, 0.4) is 0 Å². The number of benzene rings is 2. The van der Waals surface area contributed by atoms with Crippen molar-refractivity contribution in [3.8, 4) is 0 Å². The summed E-state index contributed by atoms with van der Waals surface area (Å²) in [5.41, 5.74) is 3.04. The molecule has 1 saturated heterocycles. The average molecular weight is 322 g/mol. The fourth-order valence-corrected chi connectivity index (χ4v) is 3.18. The lowest BCUT2D eigenvalue weighted by atomic mass is 9.99. The van der Waals surface area contributed by atoms with Crippen molar-refractivity contribution in [2.75, 3.05) is 18.4 Å². The minimum Gasteiger partial charge on any atom is -0.342 e. The van der Waals surface area contributed by atoms with Gasteiger partial charge in [-0.2, -0.15) is 0 Å². The van der Waals surface area contributed by atoms with Gasteiger partial charge in [-0.15, -0.1) is 0 Å². The fraction of sp³-hybridized carbons (Fsp3) is 0.300. The Balaban J connectivity index is 1.57. The maximum Gasteiger partial charge on any atom is 0.227 e. The minimum atomic E-state index is -0.0946. The Hall–Kier alpha value is -2.62. The van der Waals surface area contributed by atoms with E-state index in [9.17, 15) is 9.59 Å². The summed E-state index contributed by atoms with van der Waals surface area (Å²) in [5, 5.41) is 2.73. The first-order valence-corrected chi connectivity index (χ1v) is 8.31. The van der Waals surface area contributed by atoms with Crippen molar-refractivity contribution >= 4 is 17.5 Å². The molecule has 0 spiro atoms. The van der Waals surface area contributed by atoms with E-state index in [4.69, 9.17) is 0 Å². The number of hydrogen-bond acceptors (Lipinski definition) is 2. The summed E-state index contributed by atoms with van der Waals surface area (Å²) < 4.78 is 0. The molecule has 0 unspecified atom stereocenters. The molecule has 0 bridgehead atoms. The van der Waals surface area contributed by atoms with E-state index in [0.717, 1.165) is 30.8 Å². The zero-order chi connectivity index (χ0) is 16.9. The highest BCUT2D eigenvalue weighted by molar-refractivity contribution is 5.88. The number of anilines is 1. The molecule has 124 valence electrons. The second kappa shape index (κ2) is 7.30. The van der Waals surface area contributed by atoms with Gasteiger partial charge in [0.25, 0.3) is 0 Å². The number of hydrogen-bond donors (Lipinski definition) is 1. The van der Waals surface area contributed by atoms with E-state index in [1.54, 1.807) is 0 Å². The molecule has 24 heavy (non-hydrogen) atoms. The van der Waals surface area contributed by atoms with E-state index in [-0.39, 0.29) is 11.8 Å². The highest BCUT2D eigenvalue weighted by atomic mass is 16.2. The largest absolute Gasteiger partial charge is 0.342 e. The Morgan fingerprint density at radius 1 is 1.08 bits per heavy atom. The lowest BCUT2D eigenvalue weighted by Gasteiger charge is -2.17. The average Bonchev–Trinajstić information content (AvgIpc) is 3.07. The summed E-state index contributed by atoms with van der Waals surface area (Å²) in [5.74, 6) is 0.515. The van der Waals surface area contributed by atoms with Crippen molar-refractivity contribution in [3.05, 3.63) is 65.7 Å². The van der Waals surface area contributed by atoms with Crippen molar-refractivity contribution in [1.82, 2.24) is 4.90 Å². The van der Waals surface area contributed by atoms with Gasteiger partial charge in [0.2, 0.25) is 11.8 Å². The summed E-state index contributed by atoms with van der Waals surface area (Å²) in [6.07, 6.45) is 1.43. The first-order chi connectivity index (χ1) is 11.6. The maximum absolute atomic E-state index is 12.5. The first kappa shape index (κ1) is 16.2. The van der Waals surface area contributed by atoms with Gasteiger partial charge >= 0.3 is 0 Å². The normalized spacial score (nSPS) is 16.9. The number of amides is 2. The van der Waals surface area contributed by atoms with Crippen LogP contribution in [0.25, 0.3) is 0 Å². The van der Waals surface area contributed by atoms with Gasteiger partial charge in [-0.25, -0.2) is 0 Å². The number of carbonyl (C=O) groups is 2. The van der Waals surface area contributed by atoms with E-state index >= 15 is 0 Å². The van der Waals surface area contributed by atoms with Gasteiger partial charge in [-0.3, -0.25) is 9.59 Å². The van der Waals surface area contributed by atoms with Crippen LogP contribution >= 0.6 is 0 Å². The van der Waals surface area contributed by atoms with Crippen LogP contribution in [0.4, 0.5) is 5.69 Å². The van der Waals surface area contributed by atoms with Crippen LogP contribution in [-0.2, 0) is 16.0 Å². The Morgan fingerprint density at radius 2 is 1.79 bits per heavy atom. The lowest BCUT2D eigenvalue weighted by Crippen LogP contribution is -2.29. The van der Waals surface area contributed by atoms with E-state index in [2.05, 4.69) is 29.6 Å². The quantitative estimate of drug-likeness (QED) is 0.940. The van der Waals surface area contributed by atoms with Crippen LogP contribution in [0.1, 0.15) is 30.4 Å². The van der Waals surface area contributed by atoms with Gasteiger partial charge in [0, 0.05) is 31.6 Å². The topological polar surface area (TPSA) is 49.4 Å². The van der Waals surface area contributed by atoms with Crippen LogP contribution < -0.4 is 5.32 Å². The second-order valence-electron chi connectivity index (χ2n) is 6.29. The number of likely N-dealkylation sites (tertiary alicyclic amines) is 1. The third-order valence-electron chi connectivity index (χ3n) is 4.44. The molecule has 3 rings (SSSR count). The van der Waals surface area contributed by atoms with Crippen molar-refractivity contribution in [1.29, 1.82) is 0 Å². The summed E-state index contributed by atoms with van der Waals surface area (Å²) in [7, 11) is 0. The molecule has 2 aromatic rings. The molecule has 0 aliphatic carbocycles. The Labute approximate surface area is 142 Å². The number of nitrogens with zero attached hydrogens (tertiary/aromatic N) is 1. The highest BCUT2D eigenvalue weighted by Crippen LogP contribution is 2.27. The minimum absolute atomic E-state index is 0.0946. The van der Waals surface area contributed by atoms with E-state index < -0.39 is 0 Å². The first-order valence-electron chi connectivity index (χ1n) is 8.31. The molecule has 1 N–H and O–H groups in total. The molecule has 1 aliphatic heterocycles. The molecule has 1 atom stereocenters. The fourth-order valence-electron chi connectivity index (χ4n) is 3.18. The van der Waals surface area contributed by atoms with Crippen molar-refractivity contribution in [2.45, 2.75) is 25.7 Å². The van der Waals surface area contributed by atoms with Crippen molar-refractivity contribution in [3.63, 3.8) is 0 Å². The van der Waals surface area contributed by atoms with Gasteiger partial charge in [0.1, 0.15) is 0 Å². The summed E-state index contributed by atoms with van der Waals surface area (Å²) in [4.78, 5) is 25.5. The van der Waals surface area contributed by atoms with Crippen molar-refractivity contribution in [2.24, 2.45) is 0 Å². The molecule has 2 aromatic carbocycles. The molecule has 1 aliphatic rings. The number of nitrogens with one attached hydrogen (secondary N) is 1. The van der Waals surface area contributed by atoms with Crippen LogP contribution in [0.15, 0.2) is 54.6 Å². The predicted molar refractivity (Wildman–Crippen MR) is 94.8 cm³/mol. The Morgan fingerprint density at radius 3 is 2.46 bits per heavy atom. The standard InChI is InChI=1S/C20H22N2O2/c1-15(23)21-19-9-7-16(8-10-19)13-20(24)22-12-11-18(14-22)17-5-3-2-4-6-17/h2-10,18H,11-14H2,1H3,(H,21,23)/t18-/m1/s1. The molecule has 0 aromatic heterocycles. The van der Waals surface area contributed by atoms with Gasteiger partial charge in [0.15, 0.2) is 0 Å². The van der Waals surface area contributed by atoms with Gasteiger partial charge in [-0.05, 0) is 29.7 Å². The molecule has 4 heteroatoms. The van der Waals surface area contributed by atoms with Gasteiger partial charge < -0.3 is 10.2 Å². The molecule has 4 nitrogen and oxygen atoms in total. The molecular weight excluding hydrogens is 300 g/mol. The predicted octanol–water partition coefficient (Wildman–Crippen LogP) is 3.20. The number of carbonyl (C=O) groups excluding carboxylic acids is 2. The van der Waals surface area contributed by atoms with Crippen LogP contribution in [0.5, 0.6) is 0 Å². The molecule has 0 radical (unpaired) electrons. The molecule has 0 saturated carbocycles.